The Balaban J connectivity index is 1.88. The third kappa shape index (κ3) is 4.54. The number of nitrogens with zero attached hydrogens (tertiary/aromatic N) is 4. The highest BCUT2D eigenvalue weighted by Gasteiger charge is 2.21. The third-order valence-electron chi connectivity index (χ3n) is 4.53. The zero-order valence-electron chi connectivity index (χ0n) is 15.3. The minimum Gasteiger partial charge on any atom is -0.478 e. The van der Waals surface area contributed by atoms with Crippen LogP contribution in [0.25, 0.3) is 6.08 Å². The van der Waals surface area contributed by atoms with Crippen LogP contribution < -0.4 is 10.2 Å². The van der Waals surface area contributed by atoms with Gasteiger partial charge in [0.15, 0.2) is 17.3 Å². The summed E-state index contributed by atoms with van der Waals surface area (Å²) >= 11 is 0. The van der Waals surface area contributed by atoms with Crippen molar-refractivity contribution in [3.63, 3.8) is 0 Å². The van der Waals surface area contributed by atoms with Crippen molar-refractivity contribution in [3.8, 4) is 6.07 Å². The van der Waals surface area contributed by atoms with Gasteiger partial charge in [0.25, 0.3) is 5.91 Å². The predicted molar refractivity (Wildman–Crippen MR) is 103 cm³/mol. The summed E-state index contributed by atoms with van der Waals surface area (Å²) in [5.41, 5.74) is 1.11. The Morgan fingerprint density at radius 2 is 2.11 bits per heavy atom. The van der Waals surface area contributed by atoms with Crippen molar-refractivity contribution in [3.05, 3.63) is 41.6 Å². The standard InChI is InChI=1S/C19H20N6O3/c1-12-6-8-25(9-7-12)18-15(4-2-13(23-18)3-5-16(26)27)24-19(28)17-21-11-14(10-20)22-17/h2-5,11-12H,6-9H2,1H3,(H,21,22)(H,24,28)(H,26,27)/b5-3+. The number of carbonyl (C=O) groups excluding carboxylic acids is 1. The van der Waals surface area contributed by atoms with E-state index in [4.69, 9.17) is 10.4 Å². The van der Waals surface area contributed by atoms with Crippen molar-refractivity contribution in [2.75, 3.05) is 23.3 Å². The second-order valence-corrected chi connectivity index (χ2v) is 6.65. The second kappa shape index (κ2) is 8.35. The van der Waals surface area contributed by atoms with Crippen molar-refractivity contribution < 1.29 is 14.7 Å². The van der Waals surface area contributed by atoms with E-state index in [0.717, 1.165) is 32.0 Å². The minimum atomic E-state index is -1.06. The van der Waals surface area contributed by atoms with E-state index in [9.17, 15) is 9.59 Å². The number of carbonyl (C=O) groups is 2. The van der Waals surface area contributed by atoms with Crippen LogP contribution in [0.2, 0.25) is 0 Å². The largest absolute Gasteiger partial charge is 0.478 e. The van der Waals surface area contributed by atoms with Crippen LogP contribution in [0.4, 0.5) is 11.5 Å². The average Bonchev–Trinajstić information content (AvgIpc) is 3.17. The summed E-state index contributed by atoms with van der Waals surface area (Å²) in [5.74, 6) is -0.302. The van der Waals surface area contributed by atoms with Crippen LogP contribution in [0.3, 0.4) is 0 Å². The summed E-state index contributed by atoms with van der Waals surface area (Å²) < 4.78 is 0. The van der Waals surface area contributed by atoms with Gasteiger partial charge in [-0.15, -0.1) is 0 Å². The van der Waals surface area contributed by atoms with Crippen molar-refractivity contribution in [2.24, 2.45) is 5.92 Å². The van der Waals surface area contributed by atoms with Gasteiger partial charge in [0.05, 0.1) is 11.4 Å². The van der Waals surface area contributed by atoms with Gasteiger partial charge in [0.1, 0.15) is 6.07 Å². The molecule has 2 aromatic heterocycles. The average molecular weight is 380 g/mol. The smallest absolute Gasteiger partial charge is 0.328 e. The first-order valence-electron chi connectivity index (χ1n) is 8.90. The van der Waals surface area contributed by atoms with Gasteiger partial charge in [-0.1, -0.05) is 6.92 Å². The number of nitrogens with one attached hydrogen (secondary N) is 2. The Morgan fingerprint density at radius 3 is 2.75 bits per heavy atom. The number of pyridine rings is 1. The molecule has 0 atom stereocenters. The highest BCUT2D eigenvalue weighted by Crippen LogP contribution is 2.29. The van der Waals surface area contributed by atoms with E-state index in [1.165, 1.54) is 12.3 Å². The molecular weight excluding hydrogens is 360 g/mol. The SMILES string of the molecule is CC1CCN(c2nc(/C=C/C(=O)O)ccc2NC(=O)c2nc(C#N)c[nH]2)CC1. The van der Waals surface area contributed by atoms with Crippen LogP contribution in [0, 0.1) is 17.2 Å². The quantitative estimate of drug-likeness (QED) is 0.677. The zero-order valence-corrected chi connectivity index (χ0v) is 15.3. The Kier molecular flexibility index (Phi) is 5.69. The number of carboxylic acid groups (broad SMARTS) is 1. The molecule has 1 saturated heterocycles. The molecule has 0 spiro atoms. The molecule has 1 aliphatic rings. The van der Waals surface area contributed by atoms with E-state index in [-0.39, 0.29) is 11.5 Å². The number of H-pyrrole nitrogens is 1. The van der Waals surface area contributed by atoms with Crippen LogP contribution in [0.1, 0.15) is 41.8 Å². The Hall–Kier alpha value is -3.67. The van der Waals surface area contributed by atoms with Gasteiger partial charge in [-0.05, 0) is 37.0 Å². The Bertz CT molecular complexity index is 951. The van der Waals surface area contributed by atoms with Crippen molar-refractivity contribution in [2.45, 2.75) is 19.8 Å². The summed E-state index contributed by atoms with van der Waals surface area (Å²) in [6.45, 7) is 3.79. The summed E-state index contributed by atoms with van der Waals surface area (Å²) in [5, 5.41) is 20.5. The first-order valence-corrected chi connectivity index (χ1v) is 8.90. The molecule has 1 fully saturated rings. The maximum atomic E-state index is 12.5. The lowest BCUT2D eigenvalue weighted by Gasteiger charge is -2.32. The molecule has 2 aromatic rings. The first-order chi connectivity index (χ1) is 13.5. The zero-order chi connectivity index (χ0) is 20.1. The number of amides is 1. The monoisotopic (exact) mass is 380 g/mol. The molecule has 9 heteroatoms. The maximum Gasteiger partial charge on any atom is 0.328 e. The molecule has 28 heavy (non-hydrogen) atoms. The number of hydrogen-bond acceptors (Lipinski definition) is 6. The molecule has 1 amide bonds. The highest BCUT2D eigenvalue weighted by molar-refractivity contribution is 6.03. The Morgan fingerprint density at radius 1 is 1.36 bits per heavy atom. The fourth-order valence-corrected chi connectivity index (χ4v) is 2.95. The molecule has 0 bridgehead atoms. The number of hydrogen-bond donors (Lipinski definition) is 3. The van der Waals surface area contributed by atoms with E-state index in [0.29, 0.717) is 23.1 Å². The highest BCUT2D eigenvalue weighted by atomic mass is 16.4. The third-order valence-corrected chi connectivity index (χ3v) is 4.53. The van der Waals surface area contributed by atoms with E-state index < -0.39 is 11.9 Å². The van der Waals surface area contributed by atoms with Gasteiger partial charge in [-0.2, -0.15) is 5.26 Å². The van der Waals surface area contributed by atoms with Crippen LogP contribution >= 0.6 is 0 Å². The summed E-state index contributed by atoms with van der Waals surface area (Å²) in [6.07, 6.45) is 5.81. The molecule has 9 nitrogen and oxygen atoms in total. The fourth-order valence-electron chi connectivity index (χ4n) is 2.95. The molecule has 1 aliphatic heterocycles. The number of aromatic nitrogens is 3. The molecule has 0 aromatic carbocycles. The minimum absolute atomic E-state index is 0.0321. The molecule has 144 valence electrons. The summed E-state index contributed by atoms with van der Waals surface area (Å²) in [4.78, 5) is 36.4. The Labute approximate surface area is 161 Å². The van der Waals surface area contributed by atoms with Crippen LogP contribution in [0.15, 0.2) is 24.4 Å². The number of imidazole rings is 1. The lowest BCUT2D eigenvalue weighted by atomic mass is 9.99. The van der Waals surface area contributed by atoms with E-state index >= 15 is 0 Å². The number of anilines is 2. The van der Waals surface area contributed by atoms with Gasteiger partial charge in [0, 0.05) is 25.4 Å². The first kappa shape index (κ1) is 19.1. The molecular formula is C19H20N6O3. The molecule has 0 unspecified atom stereocenters. The molecule has 0 aliphatic carbocycles. The molecule has 0 saturated carbocycles. The predicted octanol–water partition coefficient (Wildman–Crippen LogP) is 2.26. The number of carboxylic acids is 1. The van der Waals surface area contributed by atoms with Crippen LogP contribution in [-0.4, -0.2) is 45.0 Å². The molecule has 3 N–H and O–H groups in total. The van der Waals surface area contributed by atoms with Gasteiger partial charge < -0.3 is 20.3 Å². The normalized spacial score (nSPS) is 14.8. The number of aromatic amines is 1. The number of piperidine rings is 1. The number of rotatable bonds is 5. The van der Waals surface area contributed by atoms with Crippen molar-refractivity contribution in [1.82, 2.24) is 15.0 Å². The van der Waals surface area contributed by atoms with Gasteiger partial charge in [-0.25, -0.2) is 14.8 Å². The fraction of sp³-hybridized carbons (Fsp3) is 0.316. The van der Waals surface area contributed by atoms with Crippen LogP contribution in [-0.2, 0) is 4.79 Å². The van der Waals surface area contributed by atoms with Crippen molar-refractivity contribution >= 4 is 29.5 Å². The maximum absolute atomic E-state index is 12.5. The second-order valence-electron chi connectivity index (χ2n) is 6.65. The number of nitriles is 1. The van der Waals surface area contributed by atoms with E-state index in [1.807, 2.05) is 6.07 Å². The molecule has 3 heterocycles. The number of aliphatic carboxylic acids is 1. The summed E-state index contributed by atoms with van der Waals surface area (Å²) in [7, 11) is 0. The lowest BCUT2D eigenvalue weighted by Crippen LogP contribution is -2.34. The topological polar surface area (TPSA) is 135 Å². The van der Waals surface area contributed by atoms with E-state index in [1.54, 1.807) is 12.1 Å². The van der Waals surface area contributed by atoms with Gasteiger partial charge >= 0.3 is 5.97 Å². The van der Waals surface area contributed by atoms with Crippen molar-refractivity contribution in [1.29, 1.82) is 5.26 Å². The van der Waals surface area contributed by atoms with Gasteiger partial charge in [-0.3, -0.25) is 4.79 Å². The van der Waals surface area contributed by atoms with Gasteiger partial charge in [0.2, 0.25) is 0 Å². The van der Waals surface area contributed by atoms with E-state index in [2.05, 4.69) is 32.1 Å². The molecule has 0 radical (unpaired) electrons. The van der Waals surface area contributed by atoms with Crippen LogP contribution in [0.5, 0.6) is 0 Å². The lowest BCUT2D eigenvalue weighted by molar-refractivity contribution is -0.131. The summed E-state index contributed by atoms with van der Waals surface area (Å²) in [6, 6.07) is 5.19. The molecule has 3 rings (SSSR count).